The van der Waals surface area contributed by atoms with E-state index in [0.29, 0.717) is 0 Å². The molecular weight excluding hydrogens is 283 g/mol. The van der Waals surface area contributed by atoms with Gasteiger partial charge in [-0.3, -0.25) is 0 Å². The Kier molecular flexibility index (Phi) is 3.58. The highest BCUT2D eigenvalue weighted by Crippen LogP contribution is 2.31. The summed E-state index contributed by atoms with van der Waals surface area (Å²) < 4.78 is 66.2. The van der Waals surface area contributed by atoms with Crippen LogP contribution in [-0.4, -0.2) is 10.1 Å². The lowest BCUT2D eigenvalue weighted by atomic mass is 10.1. The van der Waals surface area contributed by atoms with Crippen LogP contribution in [0.2, 0.25) is 0 Å². The standard InChI is InChI=1S/C12H7F5N2O/c13-8-7(9(14)11(16)12(17)10(8)15)5-2-1-4(18)6(3-20)19-5/h1-2,20H,3,18H2. The van der Waals surface area contributed by atoms with Gasteiger partial charge in [0.1, 0.15) is 0 Å². The second kappa shape index (κ2) is 5.04. The summed E-state index contributed by atoms with van der Waals surface area (Å²) in [7, 11) is 0. The van der Waals surface area contributed by atoms with Crippen molar-refractivity contribution < 1.29 is 27.1 Å². The van der Waals surface area contributed by atoms with Gasteiger partial charge in [-0.15, -0.1) is 0 Å². The lowest BCUT2D eigenvalue weighted by Crippen LogP contribution is -2.06. The van der Waals surface area contributed by atoms with E-state index in [0.717, 1.165) is 12.1 Å². The minimum atomic E-state index is -2.25. The molecule has 106 valence electrons. The molecule has 0 aliphatic carbocycles. The number of anilines is 1. The van der Waals surface area contributed by atoms with E-state index < -0.39 is 47.0 Å². The predicted octanol–water partition coefficient (Wildman–Crippen LogP) is 2.52. The Morgan fingerprint density at radius 3 is 1.90 bits per heavy atom. The summed E-state index contributed by atoms with van der Waals surface area (Å²) in [6.45, 7) is -0.644. The van der Waals surface area contributed by atoms with Gasteiger partial charge in [0.2, 0.25) is 5.82 Å². The van der Waals surface area contributed by atoms with Gasteiger partial charge >= 0.3 is 0 Å². The highest BCUT2D eigenvalue weighted by atomic mass is 19.2. The zero-order valence-corrected chi connectivity index (χ0v) is 9.72. The first kappa shape index (κ1) is 14.2. The Morgan fingerprint density at radius 1 is 0.900 bits per heavy atom. The fourth-order valence-corrected chi connectivity index (χ4v) is 1.61. The maximum Gasteiger partial charge on any atom is 0.200 e. The molecule has 0 aliphatic rings. The average molecular weight is 290 g/mol. The maximum absolute atomic E-state index is 13.6. The molecule has 0 unspecified atom stereocenters. The molecule has 0 fully saturated rings. The zero-order valence-electron chi connectivity index (χ0n) is 9.72. The number of hydrogen-bond donors (Lipinski definition) is 2. The molecule has 2 rings (SSSR count). The number of aliphatic hydroxyl groups is 1. The Bertz CT molecular complexity index is 661. The van der Waals surface area contributed by atoms with Gasteiger partial charge in [-0.05, 0) is 12.1 Å². The van der Waals surface area contributed by atoms with E-state index in [2.05, 4.69) is 4.98 Å². The number of pyridine rings is 1. The van der Waals surface area contributed by atoms with Gasteiger partial charge in [0.25, 0.3) is 0 Å². The van der Waals surface area contributed by atoms with Crippen molar-refractivity contribution >= 4 is 5.69 Å². The van der Waals surface area contributed by atoms with E-state index in [1.807, 2.05) is 0 Å². The van der Waals surface area contributed by atoms with E-state index in [9.17, 15) is 22.0 Å². The van der Waals surface area contributed by atoms with E-state index in [1.54, 1.807) is 0 Å². The molecular formula is C12H7F5N2O. The number of nitrogens with two attached hydrogens (primary N) is 1. The Morgan fingerprint density at radius 2 is 1.40 bits per heavy atom. The normalized spacial score (nSPS) is 10.9. The lowest BCUT2D eigenvalue weighted by Gasteiger charge is -2.09. The highest BCUT2D eigenvalue weighted by molar-refractivity contribution is 5.64. The third kappa shape index (κ3) is 2.07. The number of aromatic nitrogens is 1. The number of aliphatic hydroxyl groups excluding tert-OH is 1. The summed E-state index contributed by atoms with van der Waals surface area (Å²) in [5.41, 5.74) is 3.63. The van der Waals surface area contributed by atoms with Crippen LogP contribution in [-0.2, 0) is 6.61 Å². The fraction of sp³-hybridized carbons (Fsp3) is 0.0833. The molecule has 8 heteroatoms. The number of rotatable bonds is 2. The van der Waals surface area contributed by atoms with Gasteiger partial charge in [0.15, 0.2) is 23.3 Å². The van der Waals surface area contributed by atoms with Gasteiger partial charge in [0, 0.05) is 0 Å². The van der Waals surface area contributed by atoms with Gasteiger partial charge in [-0.1, -0.05) is 0 Å². The minimum absolute atomic E-state index is 0.0279. The molecule has 0 radical (unpaired) electrons. The van der Waals surface area contributed by atoms with Crippen molar-refractivity contribution in [1.82, 2.24) is 4.98 Å². The zero-order chi connectivity index (χ0) is 15.0. The topological polar surface area (TPSA) is 59.1 Å². The molecule has 1 aromatic carbocycles. The second-order valence-corrected chi connectivity index (χ2v) is 3.84. The Balaban J connectivity index is 2.76. The second-order valence-electron chi connectivity index (χ2n) is 3.84. The van der Waals surface area contributed by atoms with Crippen LogP contribution in [0.25, 0.3) is 11.3 Å². The average Bonchev–Trinajstić information content (AvgIpc) is 2.45. The summed E-state index contributed by atoms with van der Waals surface area (Å²) in [5, 5.41) is 8.94. The molecule has 3 nitrogen and oxygen atoms in total. The van der Waals surface area contributed by atoms with Crippen LogP contribution in [0.15, 0.2) is 12.1 Å². The molecule has 20 heavy (non-hydrogen) atoms. The summed E-state index contributed by atoms with van der Waals surface area (Å²) in [4.78, 5) is 3.58. The SMILES string of the molecule is Nc1ccc(-c2c(F)c(F)c(F)c(F)c2F)nc1CO. The van der Waals surface area contributed by atoms with Crippen LogP contribution in [0.1, 0.15) is 5.69 Å². The monoisotopic (exact) mass is 290 g/mol. The number of halogens is 5. The number of nitrogens with zero attached hydrogens (tertiary/aromatic N) is 1. The van der Waals surface area contributed by atoms with Crippen molar-refractivity contribution in [2.24, 2.45) is 0 Å². The summed E-state index contributed by atoms with van der Waals surface area (Å²) >= 11 is 0. The summed E-state index contributed by atoms with van der Waals surface area (Å²) in [5.74, 6) is -10.4. The lowest BCUT2D eigenvalue weighted by molar-refractivity contribution is 0.278. The molecule has 0 saturated carbocycles. The summed E-state index contributed by atoms with van der Waals surface area (Å²) in [6.07, 6.45) is 0. The summed E-state index contributed by atoms with van der Waals surface area (Å²) in [6, 6.07) is 2.14. The van der Waals surface area contributed by atoms with Crippen LogP contribution >= 0.6 is 0 Å². The van der Waals surface area contributed by atoms with Gasteiger partial charge in [-0.25, -0.2) is 26.9 Å². The number of benzene rings is 1. The van der Waals surface area contributed by atoms with Crippen LogP contribution in [0, 0.1) is 29.1 Å². The van der Waals surface area contributed by atoms with E-state index in [4.69, 9.17) is 10.8 Å². The fourth-order valence-electron chi connectivity index (χ4n) is 1.61. The Hall–Kier alpha value is -2.22. The molecule has 0 aliphatic heterocycles. The van der Waals surface area contributed by atoms with E-state index in [-0.39, 0.29) is 11.4 Å². The van der Waals surface area contributed by atoms with E-state index in [1.165, 1.54) is 0 Å². The first-order valence-electron chi connectivity index (χ1n) is 5.26. The van der Waals surface area contributed by atoms with Crippen LogP contribution < -0.4 is 5.73 Å². The van der Waals surface area contributed by atoms with Crippen molar-refractivity contribution in [3.05, 3.63) is 46.9 Å². The van der Waals surface area contributed by atoms with Crippen molar-refractivity contribution in [2.75, 3.05) is 5.73 Å². The molecule has 1 aromatic heterocycles. The molecule has 0 saturated heterocycles. The van der Waals surface area contributed by atoms with Crippen molar-refractivity contribution in [3.8, 4) is 11.3 Å². The molecule has 0 atom stereocenters. The number of nitrogen functional groups attached to an aromatic ring is 1. The molecule has 1 heterocycles. The largest absolute Gasteiger partial charge is 0.397 e. The first-order chi connectivity index (χ1) is 9.38. The molecule has 0 amide bonds. The van der Waals surface area contributed by atoms with Crippen molar-refractivity contribution in [2.45, 2.75) is 6.61 Å². The number of hydrogen-bond acceptors (Lipinski definition) is 3. The minimum Gasteiger partial charge on any atom is -0.397 e. The van der Waals surface area contributed by atoms with E-state index >= 15 is 0 Å². The first-order valence-corrected chi connectivity index (χ1v) is 5.26. The molecule has 2 aromatic rings. The van der Waals surface area contributed by atoms with Crippen molar-refractivity contribution in [3.63, 3.8) is 0 Å². The molecule has 3 N–H and O–H groups in total. The quantitative estimate of drug-likeness (QED) is 0.507. The van der Waals surface area contributed by atoms with Crippen molar-refractivity contribution in [1.29, 1.82) is 0 Å². The van der Waals surface area contributed by atoms with Crippen LogP contribution in [0.4, 0.5) is 27.6 Å². The Labute approximate surface area is 109 Å². The predicted molar refractivity (Wildman–Crippen MR) is 59.8 cm³/mol. The van der Waals surface area contributed by atoms with Gasteiger partial charge in [-0.2, -0.15) is 0 Å². The van der Waals surface area contributed by atoms with Gasteiger partial charge < -0.3 is 10.8 Å². The third-order valence-corrected chi connectivity index (χ3v) is 2.63. The van der Waals surface area contributed by atoms with Gasteiger partial charge in [0.05, 0.1) is 29.2 Å². The highest BCUT2D eigenvalue weighted by Gasteiger charge is 2.27. The van der Waals surface area contributed by atoms with Crippen LogP contribution in [0.3, 0.4) is 0 Å². The smallest absolute Gasteiger partial charge is 0.200 e. The third-order valence-electron chi connectivity index (χ3n) is 2.63. The van der Waals surface area contributed by atoms with Crippen LogP contribution in [0.5, 0.6) is 0 Å². The molecule has 0 bridgehead atoms. The maximum atomic E-state index is 13.6. The molecule has 0 spiro atoms.